The van der Waals surface area contributed by atoms with Gasteiger partial charge in [-0.25, -0.2) is 4.98 Å². The van der Waals surface area contributed by atoms with Crippen LogP contribution in [-0.4, -0.2) is 40.4 Å². The number of nitrogens with zero attached hydrogens (tertiary/aromatic N) is 2. The number of carbonyl (C=O) groups is 1. The van der Waals surface area contributed by atoms with E-state index < -0.39 is 0 Å². The Morgan fingerprint density at radius 2 is 2.27 bits per heavy atom. The minimum atomic E-state index is -0.171. The van der Waals surface area contributed by atoms with E-state index in [-0.39, 0.29) is 11.3 Å². The minimum Gasteiger partial charge on any atom is -0.356 e. The summed E-state index contributed by atoms with van der Waals surface area (Å²) in [6.07, 6.45) is 6.27. The number of unbranched alkanes of at least 4 members (excludes halogenated alkanes) is 1. The van der Waals surface area contributed by atoms with E-state index in [4.69, 9.17) is 11.6 Å². The quantitative estimate of drug-likeness (QED) is 0.875. The molecule has 1 spiro atoms. The highest BCUT2D eigenvalue weighted by molar-refractivity contribution is 6.30. The van der Waals surface area contributed by atoms with Crippen LogP contribution in [-0.2, 0) is 17.8 Å². The van der Waals surface area contributed by atoms with Crippen LogP contribution in [0.5, 0.6) is 0 Å². The van der Waals surface area contributed by atoms with Gasteiger partial charge in [-0.05, 0) is 32.2 Å². The Morgan fingerprint density at radius 3 is 3.05 bits per heavy atom. The van der Waals surface area contributed by atoms with E-state index in [0.717, 1.165) is 76.2 Å². The van der Waals surface area contributed by atoms with E-state index in [1.54, 1.807) is 0 Å². The first-order chi connectivity index (χ1) is 10.6. The van der Waals surface area contributed by atoms with Crippen LogP contribution in [0, 0.1) is 5.41 Å². The molecule has 1 aromatic heterocycles. The molecular formula is C16H25ClN4O. The molecule has 2 aliphatic heterocycles. The van der Waals surface area contributed by atoms with E-state index in [0.29, 0.717) is 5.15 Å². The summed E-state index contributed by atoms with van der Waals surface area (Å²) < 4.78 is 0. The van der Waals surface area contributed by atoms with Gasteiger partial charge in [-0.3, -0.25) is 9.69 Å². The highest BCUT2D eigenvalue weighted by atomic mass is 35.5. The molecule has 0 aromatic carbocycles. The molecule has 1 amide bonds. The minimum absolute atomic E-state index is 0.171. The number of aromatic nitrogens is 2. The maximum atomic E-state index is 12.2. The fourth-order valence-corrected chi connectivity index (χ4v) is 3.85. The number of amides is 1. The normalized spacial score (nSPS) is 25.8. The Bertz CT molecular complexity index is 544. The summed E-state index contributed by atoms with van der Waals surface area (Å²) in [4.78, 5) is 22.3. The molecule has 0 radical (unpaired) electrons. The highest BCUT2D eigenvalue weighted by Gasteiger charge is 2.45. The average Bonchev–Trinajstić information content (AvgIpc) is 3.06. The lowest BCUT2D eigenvalue weighted by Gasteiger charge is -2.32. The number of rotatable bonds is 5. The first-order valence-corrected chi connectivity index (χ1v) is 8.75. The molecular weight excluding hydrogens is 300 g/mol. The Kier molecular flexibility index (Phi) is 4.73. The van der Waals surface area contributed by atoms with Crippen molar-refractivity contribution in [3.8, 4) is 0 Å². The number of piperidine rings is 1. The second-order valence-corrected chi connectivity index (χ2v) is 7.01. The Morgan fingerprint density at radius 1 is 1.41 bits per heavy atom. The Labute approximate surface area is 136 Å². The van der Waals surface area contributed by atoms with Crippen molar-refractivity contribution in [3.05, 3.63) is 16.7 Å². The first-order valence-electron chi connectivity index (χ1n) is 8.37. The van der Waals surface area contributed by atoms with Crippen LogP contribution in [0.3, 0.4) is 0 Å². The van der Waals surface area contributed by atoms with Crippen molar-refractivity contribution in [1.29, 1.82) is 0 Å². The molecule has 2 fully saturated rings. The lowest BCUT2D eigenvalue weighted by molar-refractivity contribution is -0.132. The van der Waals surface area contributed by atoms with E-state index in [9.17, 15) is 4.79 Å². The summed E-state index contributed by atoms with van der Waals surface area (Å²) in [5, 5.41) is 3.61. The average molecular weight is 325 g/mol. The summed E-state index contributed by atoms with van der Waals surface area (Å²) in [7, 11) is 0. The van der Waals surface area contributed by atoms with Crippen LogP contribution in [0.1, 0.15) is 50.5 Å². The van der Waals surface area contributed by atoms with Crippen molar-refractivity contribution in [2.45, 2.75) is 52.0 Å². The third-order valence-corrected chi connectivity index (χ3v) is 5.27. The topological polar surface area (TPSA) is 61.0 Å². The van der Waals surface area contributed by atoms with Crippen molar-refractivity contribution in [3.63, 3.8) is 0 Å². The second kappa shape index (κ2) is 6.59. The number of halogens is 1. The van der Waals surface area contributed by atoms with E-state index in [1.165, 1.54) is 0 Å². The van der Waals surface area contributed by atoms with Gasteiger partial charge in [-0.15, -0.1) is 0 Å². The number of imidazole rings is 1. The molecule has 122 valence electrons. The van der Waals surface area contributed by atoms with Crippen LogP contribution in [0.15, 0.2) is 0 Å². The van der Waals surface area contributed by atoms with Gasteiger partial charge in [-0.1, -0.05) is 24.9 Å². The van der Waals surface area contributed by atoms with Crippen molar-refractivity contribution in [2.24, 2.45) is 5.41 Å². The third kappa shape index (κ3) is 3.15. The van der Waals surface area contributed by atoms with Gasteiger partial charge in [0.1, 0.15) is 5.82 Å². The van der Waals surface area contributed by atoms with Gasteiger partial charge in [0.2, 0.25) is 5.91 Å². The molecule has 3 rings (SSSR count). The molecule has 1 atom stereocenters. The summed E-state index contributed by atoms with van der Waals surface area (Å²) in [5.74, 6) is 1.21. The van der Waals surface area contributed by atoms with Crippen molar-refractivity contribution in [1.82, 2.24) is 20.2 Å². The fraction of sp³-hybridized carbons (Fsp3) is 0.750. The van der Waals surface area contributed by atoms with Gasteiger partial charge in [-0.2, -0.15) is 0 Å². The van der Waals surface area contributed by atoms with E-state index in [1.807, 2.05) is 0 Å². The molecule has 3 heterocycles. The Balaban J connectivity index is 1.62. The molecule has 5 nitrogen and oxygen atoms in total. The standard InChI is InChI=1S/C16H25ClN4O/c1-2-3-5-13-19-12(14(17)20-13)10-21-9-7-16(11-21)6-4-8-18-15(16)22/h2-11H2,1H3,(H,18,22)(H,19,20)/t16-/m1/s1. The molecule has 1 aromatic rings. The monoisotopic (exact) mass is 324 g/mol. The first kappa shape index (κ1) is 15.8. The second-order valence-electron chi connectivity index (χ2n) is 6.66. The number of hydrogen-bond donors (Lipinski definition) is 2. The van der Waals surface area contributed by atoms with Crippen LogP contribution in [0.25, 0.3) is 0 Å². The maximum Gasteiger partial charge on any atom is 0.227 e. The number of hydrogen-bond acceptors (Lipinski definition) is 3. The molecule has 0 unspecified atom stereocenters. The summed E-state index contributed by atoms with van der Waals surface area (Å²) in [6, 6.07) is 0. The zero-order valence-electron chi connectivity index (χ0n) is 13.3. The lowest BCUT2D eigenvalue weighted by Crippen LogP contribution is -2.47. The predicted octanol–water partition coefficient (Wildman–Crippen LogP) is 2.51. The van der Waals surface area contributed by atoms with Gasteiger partial charge < -0.3 is 10.3 Å². The van der Waals surface area contributed by atoms with Crippen molar-refractivity contribution < 1.29 is 4.79 Å². The van der Waals surface area contributed by atoms with Crippen molar-refractivity contribution >= 4 is 17.5 Å². The number of aryl methyl sites for hydroxylation is 1. The largest absolute Gasteiger partial charge is 0.356 e. The zero-order valence-corrected chi connectivity index (χ0v) is 14.0. The number of nitrogens with one attached hydrogen (secondary N) is 2. The van der Waals surface area contributed by atoms with E-state index in [2.05, 4.69) is 27.1 Å². The van der Waals surface area contributed by atoms with Gasteiger partial charge in [0, 0.05) is 26.1 Å². The smallest absolute Gasteiger partial charge is 0.227 e. The molecule has 6 heteroatoms. The predicted molar refractivity (Wildman–Crippen MR) is 86.8 cm³/mol. The molecule has 22 heavy (non-hydrogen) atoms. The molecule has 2 saturated heterocycles. The number of likely N-dealkylation sites (tertiary alicyclic amines) is 1. The van der Waals surface area contributed by atoms with Crippen molar-refractivity contribution in [2.75, 3.05) is 19.6 Å². The number of aromatic amines is 1. The highest BCUT2D eigenvalue weighted by Crippen LogP contribution is 2.38. The Hall–Kier alpha value is -1.07. The number of H-pyrrole nitrogens is 1. The zero-order chi connectivity index (χ0) is 15.6. The van der Waals surface area contributed by atoms with Crippen LogP contribution in [0.2, 0.25) is 5.15 Å². The molecule has 0 bridgehead atoms. The molecule has 2 aliphatic rings. The lowest BCUT2D eigenvalue weighted by atomic mass is 9.79. The third-order valence-electron chi connectivity index (χ3n) is 4.96. The van der Waals surface area contributed by atoms with Crippen LogP contribution in [0.4, 0.5) is 0 Å². The van der Waals surface area contributed by atoms with Gasteiger partial charge in [0.05, 0.1) is 11.1 Å². The van der Waals surface area contributed by atoms with Gasteiger partial charge in [0.25, 0.3) is 0 Å². The van der Waals surface area contributed by atoms with Gasteiger partial charge >= 0.3 is 0 Å². The SMILES string of the molecule is CCCCc1nc(Cl)c(CN2CC[C@]3(CCCNC3=O)C2)[nH]1. The fourth-order valence-electron chi connectivity index (χ4n) is 3.64. The molecule has 0 aliphatic carbocycles. The van der Waals surface area contributed by atoms with Gasteiger partial charge in [0.15, 0.2) is 5.15 Å². The summed E-state index contributed by atoms with van der Waals surface area (Å²) in [6.45, 7) is 5.54. The van der Waals surface area contributed by atoms with Crippen LogP contribution >= 0.6 is 11.6 Å². The molecule has 0 saturated carbocycles. The van der Waals surface area contributed by atoms with E-state index >= 15 is 0 Å². The maximum absolute atomic E-state index is 12.2. The number of carbonyl (C=O) groups excluding carboxylic acids is 1. The molecule has 2 N–H and O–H groups in total. The summed E-state index contributed by atoms with van der Waals surface area (Å²) in [5.41, 5.74) is 0.816. The van der Waals surface area contributed by atoms with Crippen LogP contribution < -0.4 is 5.32 Å². The summed E-state index contributed by atoms with van der Waals surface area (Å²) >= 11 is 6.26.